The molecule has 1 amide bonds. The largest absolute Gasteiger partial charge is 0.454 e. The average molecular weight is 463 g/mol. The highest BCUT2D eigenvalue weighted by atomic mass is 127. The molecule has 1 heterocycles. The van der Waals surface area contributed by atoms with Gasteiger partial charge in [-0.3, -0.25) is 0 Å². The molecule has 1 aliphatic heterocycles. The van der Waals surface area contributed by atoms with Gasteiger partial charge in [0.1, 0.15) is 15.8 Å². The van der Waals surface area contributed by atoms with Crippen molar-refractivity contribution in [1.29, 1.82) is 0 Å². The molecule has 138 valence electrons. The van der Waals surface area contributed by atoms with E-state index in [0.29, 0.717) is 11.5 Å². The number of benzene rings is 1. The van der Waals surface area contributed by atoms with Crippen LogP contribution in [-0.2, 0) is 20.7 Å². The summed E-state index contributed by atoms with van der Waals surface area (Å²) in [6.45, 7) is 7.18. The number of hydrogen-bond donors (Lipinski definition) is 1. The Bertz CT molecular complexity index is 641. The quantitative estimate of drug-likeness (QED) is 0.411. The zero-order chi connectivity index (χ0) is 18.6. The van der Waals surface area contributed by atoms with Gasteiger partial charge in [0.2, 0.25) is 6.79 Å². The van der Waals surface area contributed by atoms with E-state index < -0.39 is 23.7 Å². The van der Waals surface area contributed by atoms with Gasteiger partial charge in [0.15, 0.2) is 11.5 Å². The van der Waals surface area contributed by atoms with Crippen LogP contribution in [0.1, 0.15) is 33.3 Å². The first kappa shape index (κ1) is 19.6. The second kappa shape index (κ2) is 8.11. The molecule has 0 bridgehead atoms. The number of esters is 1. The van der Waals surface area contributed by atoms with Crippen LogP contribution >= 0.6 is 22.6 Å². The summed E-state index contributed by atoms with van der Waals surface area (Å²) in [5.41, 5.74) is 0.150. The van der Waals surface area contributed by atoms with Gasteiger partial charge in [-0.2, -0.15) is 0 Å². The minimum Gasteiger partial charge on any atom is -0.454 e. The lowest BCUT2D eigenvalue weighted by Gasteiger charge is -2.23. The van der Waals surface area contributed by atoms with Gasteiger partial charge in [-0.15, -0.1) is 0 Å². The lowest BCUT2D eigenvalue weighted by molar-refractivity contribution is -0.146. The predicted molar refractivity (Wildman–Crippen MR) is 99.0 cm³/mol. The van der Waals surface area contributed by atoms with Gasteiger partial charge in [-0.1, -0.05) is 6.07 Å². The van der Waals surface area contributed by atoms with Gasteiger partial charge in [0.25, 0.3) is 0 Å². The minimum absolute atomic E-state index is 0.173. The molecule has 0 aromatic heterocycles. The zero-order valence-electron chi connectivity index (χ0n) is 14.6. The van der Waals surface area contributed by atoms with E-state index in [2.05, 4.69) is 5.32 Å². The number of carbonyl (C=O) groups is 2. The summed E-state index contributed by atoms with van der Waals surface area (Å²) in [5, 5.41) is 2.58. The predicted octanol–water partition coefficient (Wildman–Crippen LogP) is 3.18. The smallest absolute Gasteiger partial charge is 0.408 e. The lowest BCUT2D eigenvalue weighted by Crippen LogP contribution is -2.45. The number of amides is 1. The molecule has 7 nitrogen and oxygen atoms in total. The fourth-order valence-electron chi connectivity index (χ4n) is 2.19. The average Bonchev–Trinajstić information content (AvgIpc) is 2.91. The molecule has 0 spiro atoms. The second-order valence-corrected chi connectivity index (χ2v) is 8.32. The summed E-state index contributed by atoms with van der Waals surface area (Å²) in [6.07, 6.45) is -0.422. The monoisotopic (exact) mass is 463 g/mol. The molecule has 0 saturated carbocycles. The maximum Gasteiger partial charge on any atom is 0.408 e. The minimum atomic E-state index is -0.868. The number of halogens is 1. The van der Waals surface area contributed by atoms with Crippen LogP contribution in [0, 0.1) is 0 Å². The van der Waals surface area contributed by atoms with Crippen LogP contribution in [0.5, 0.6) is 11.5 Å². The molecule has 25 heavy (non-hydrogen) atoms. The van der Waals surface area contributed by atoms with E-state index in [1.165, 1.54) is 0 Å². The van der Waals surface area contributed by atoms with Crippen molar-refractivity contribution in [2.75, 3.05) is 6.79 Å². The molecule has 0 radical (unpaired) electrons. The van der Waals surface area contributed by atoms with Crippen LogP contribution in [0.3, 0.4) is 0 Å². The lowest BCUT2D eigenvalue weighted by atomic mass is 10.1. The molecule has 0 saturated heterocycles. The molecular formula is C17H22INO6. The number of nitrogens with one attached hydrogen (secondary N) is 1. The Balaban J connectivity index is 2.10. The number of alkyl carbamates (subject to hydrolysis) is 1. The van der Waals surface area contributed by atoms with Crippen LogP contribution in [0.15, 0.2) is 18.2 Å². The first-order valence-corrected chi connectivity index (χ1v) is 9.11. The van der Waals surface area contributed by atoms with Gasteiger partial charge in [-0.25, -0.2) is 9.59 Å². The number of carbonyl (C=O) groups excluding carboxylic acids is 2. The Hall–Kier alpha value is -1.71. The summed E-state index contributed by atoms with van der Waals surface area (Å²) >= 11 is 1.98. The number of hydrogen-bond acceptors (Lipinski definition) is 6. The van der Waals surface area contributed by atoms with Crippen molar-refractivity contribution in [2.45, 2.75) is 49.9 Å². The number of rotatable bonds is 5. The summed E-state index contributed by atoms with van der Waals surface area (Å²) in [4.78, 5) is 24.4. The van der Waals surface area contributed by atoms with Crippen LogP contribution in [0.25, 0.3) is 0 Å². The fourth-order valence-corrected chi connectivity index (χ4v) is 2.44. The third-order valence-electron chi connectivity index (χ3n) is 3.13. The van der Waals surface area contributed by atoms with Crippen LogP contribution in [0.4, 0.5) is 4.79 Å². The van der Waals surface area contributed by atoms with Gasteiger partial charge in [0.05, 0.1) is 0 Å². The Morgan fingerprint density at radius 1 is 1.28 bits per heavy atom. The standard InChI is InChI=1S/C17H22INO6/c1-10(18)24-15(20)12(19-16(21)25-17(2,3)4)7-11-5-6-13-14(8-11)23-9-22-13/h5-6,8,10,12H,7,9H2,1-4H3,(H,19,21)/t10?,12-/m1/s1. The molecule has 8 heteroatoms. The van der Waals surface area contributed by atoms with Crippen LogP contribution < -0.4 is 14.8 Å². The molecule has 2 rings (SSSR count). The SMILES string of the molecule is CC(I)OC(=O)[C@@H](Cc1ccc2c(c1)OCO2)NC(=O)OC(C)(C)C. The molecule has 1 aromatic carbocycles. The molecule has 0 fully saturated rings. The van der Waals surface area contributed by atoms with E-state index >= 15 is 0 Å². The molecular weight excluding hydrogens is 441 g/mol. The first-order valence-electron chi connectivity index (χ1n) is 7.86. The van der Waals surface area contributed by atoms with Gasteiger partial charge < -0.3 is 24.3 Å². The highest BCUT2D eigenvalue weighted by Crippen LogP contribution is 2.32. The highest BCUT2D eigenvalue weighted by Gasteiger charge is 2.27. The van der Waals surface area contributed by atoms with Crippen molar-refractivity contribution in [1.82, 2.24) is 5.32 Å². The summed E-state index contributed by atoms with van der Waals surface area (Å²) in [5.74, 6) is 0.749. The normalized spacial score (nSPS) is 15.2. The van der Waals surface area contributed by atoms with E-state index in [4.69, 9.17) is 18.9 Å². The Morgan fingerprint density at radius 3 is 2.60 bits per heavy atom. The number of alkyl halides is 1. The van der Waals surface area contributed by atoms with Crippen molar-refractivity contribution in [3.63, 3.8) is 0 Å². The topological polar surface area (TPSA) is 83.1 Å². The van der Waals surface area contributed by atoms with E-state index in [-0.39, 0.29) is 17.3 Å². The Morgan fingerprint density at radius 2 is 1.96 bits per heavy atom. The van der Waals surface area contributed by atoms with E-state index in [1.54, 1.807) is 39.8 Å². The molecule has 1 aliphatic rings. The maximum atomic E-state index is 12.3. The van der Waals surface area contributed by atoms with E-state index in [9.17, 15) is 9.59 Å². The molecule has 1 unspecified atom stereocenters. The van der Waals surface area contributed by atoms with Gasteiger partial charge in [-0.05, 0) is 68.0 Å². The fraction of sp³-hybridized carbons (Fsp3) is 0.529. The molecule has 0 aliphatic carbocycles. The van der Waals surface area contributed by atoms with Crippen LogP contribution in [-0.4, -0.2) is 34.6 Å². The van der Waals surface area contributed by atoms with Crippen molar-refractivity contribution in [2.24, 2.45) is 0 Å². The van der Waals surface area contributed by atoms with Gasteiger partial charge >= 0.3 is 12.1 Å². The van der Waals surface area contributed by atoms with E-state index in [0.717, 1.165) is 5.56 Å². The number of ether oxygens (including phenoxy) is 4. The molecule has 1 aromatic rings. The third kappa shape index (κ3) is 6.26. The van der Waals surface area contributed by atoms with Crippen molar-refractivity contribution in [3.8, 4) is 11.5 Å². The van der Waals surface area contributed by atoms with Crippen molar-refractivity contribution >= 4 is 34.7 Å². The van der Waals surface area contributed by atoms with Gasteiger partial charge in [0, 0.05) is 6.42 Å². The zero-order valence-corrected chi connectivity index (χ0v) is 16.8. The number of fused-ring (bicyclic) bond motifs is 1. The summed E-state index contributed by atoms with van der Waals surface area (Å²) < 4.78 is 20.8. The second-order valence-electron chi connectivity index (χ2n) is 6.57. The highest BCUT2D eigenvalue weighted by molar-refractivity contribution is 14.1. The Labute approximate surface area is 160 Å². The van der Waals surface area contributed by atoms with Crippen LogP contribution in [0.2, 0.25) is 0 Å². The third-order valence-corrected chi connectivity index (χ3v) is 3.39. The van der Waals surface area contributed by atoms with Crippen molar-refractivity contribution in [3.05, 3.63) is 23.8 Å². The Kier molecular flexibility index (Phi) is 6.36. The van der Waals surface area contributed by atoms with Crippen molar-refractivity contribution < 1.29 is 28.5 Å². The molecule has 2 atom stereocenters. The summed E-state index contributed by atoms with van der Waals surface area (Å²) in [7, 11) is 0. The maximum absolute atomic E-state index is 12.3. The summed E-state index contributed by atoms with van der Waals surface area (Å²) in [6, 6.07) is 4.51. The van der Waals surface area contributed by atoms with E-state index in [1.807, 2.05) is 28.7 Å². The first-order chi connectivity index (χ1) is 11.6. The molecule has 1 N–H and O–H groups in total.